The third-order valence-corrected chi connectivity index (χ3v) is 5.86. The molecule has 0 spiro atoms. The van der Waals surface area contributed by atoms with Crippen LogP contribution in [0.4, 0.5) is 0 Å². The van der Waals surface area contributed by atoms with Gasteiger partial charge in [-0.1, -0.05) is 24.3 Å². The molecule has 2 heterocycles. The highest BCUT2D eigenvalue weighted by Gasteiger charge is 2.61. The van der Waals surface area contributed by atoms with Crippen LogP contribution in [0.5, 0.6) is 0 Å². The van der Waals surface area contributed by atoms with E-state index in [0.717, 1.165) is 24.0 Å². The first-order valence-corrected chi connectivity index (χ1v) is 9.30. The summed E-state index contributed by atoms with van der Waals surface area (Å²) in [5.74, 6) is -0.819. The molecule has 3 rings (SSSR count). The number of rotatable bonds is 3. The Morgan fingerprint density at radius 2 is 2.23 bits per heavy atom. The summed E-state index contributed by atoms with van der Waals surface area (Å²) in [4.78, 5) is 24.4. The number of esters is 2. The molecule has 26 heavy (non-hydrogen) atoms. The molecule has 0 N–H and O–H groups in total. The highest BCUT2D eigenvalue weighted by Crippen LogP contribution is 2.50. The van der Waals surface area contributed by atoms with Crippen molar-refractivity contribution in [3.63, 3.8) is 0 Å². The normalized spacial score (nSPS) is 37.2. The van der Waals surface area contributed by atoms with E-state index in [1.807, 2.05) is 26.8 Å². The molecule has 142 valence electrons. The highest BCUT2D eigenvalue weighted by molar-refractivity contribution is 5.91. The summed E-state index contributed by atoms with van der Waals surface area (Å²) in [5, 5.41) is 0. The number of ether oxygens (including phenoxy) is 3. The molecule has 5 atom stereocenters. The minimum Gasteiger partial charge on any atom is -0.458 e. The van der Waals surface area contributed by atoms with Crippen LogP contribution in [0.1, 0.15) is 53.4 Å². The molecular formula is C21H28O5. The molecule has 0 unspecified atom stereocenters. The average Bonchev–Trinajstić information content (AvgIpc) is 3.17. The topological polar surface area (TPSA) is 65.1 Å². The van der Waals surface area contributed by atoms with Crippen molar-refractivity contribution in [2.45, 2.75) is 77.3 Å². The lowest BCUT2D eigenvalue weighted by molar-refractivity contribution is -0.148. The third kappa shape index (κ3) is 3.63. The minimum atomic E-state index is -0.381. The molecule has 0 aromatic carbocycles. The van der Waals surface area contributed by atoms with E-state index in [1.165, 1.54) is 0 Å². The van der Waals surface area contributed by atoms with Gasteiger partial charge in [-0.25, -0.2) is 4.79 Å². The predicted molar refractivity (Wildman–Crippen MR) is 97.3 cm³/mol. The zero-order valence-corrected chi connectivity index (χ0v) is 16.0. The Morgan fingerprint density at radius 1 is 1.50 bits per heavy atom. The molecule has 0 saturated carbocycles. The van der Waals surface area contributed by atoms with Crippen LogP contribution in [0.3, 0.4) is 0 Å². The molecule has 2 saturated heterocycles. The van der Waals surface area contributed by atoms with E-state index in [2.05, 4.69) is 19.6 Å². The second-order valence-corrected chi connectivity index (χ2v) is 7.87. The van der Waals surface area contributed by atoms with Crippen molar-refractivity contribution >= 4 is 11.9 Å². The van der Waals surface area contributed by atoms with Crippen LogP contribution < -0.4 is 0 Å². The Bertz CT molecular complexity index is 689. The zero-order valence-electron chi connectivity index (χ0n) is 16.0. The Morgan fingerprint density at radius 3 is 2.92 bits per heavy atom. The Labute approximate surface area is 155 Å². The molecule has 5 heteroatoms. The van der Waals surface area contributed by atoms with Gasteiger partial charge in [0.15, 0.2) is 0 Å². The molecule has 1 aliphatic carbocycles. The molecule has 0 amide bonds. The Hall–Kier alpha value is -1.88. The van der Waals surface area contributed by atoms with Gasteiger partial charge in [0.25, 0.3) is 0 Å². The first-order chi connectivity index (χ1) is 12.2. The number of carbonyl (C=O) groups excluding carboxylic acids is 2. The fraction of sp³-hybridized carbons (Fsp3) is 0.619. The lowest BCUT2D eigenvalue weighted by Gasteiger charge is -2.25. The second kappa shape index (κ2) is 7.03. The van der Waals surface area contributed by atoms with Crippen molar-refractivity contribution in [2.24, 2.45) is 5.92 Å². The highest BCUT2D eigenvalue weighted by atomic mass is 16.6. The van der Waals surface area contributed by atoms with E-state index in [4.69, 9.17) is 14.2 Å². The van der Waals surface area contributed by atoms with E-state index in [1.54, 1.807) is 0 Å². The van der Waals surface area contributed by atoms with E-state index in [0.29, 0.717) is 12.0 Å². The van der Waals surface area contributed by atoms with Gasteiger partial charge in [0, 0.05) is 11.5 Å². The van der Waals surface area contributed by atoms with Crippen molar-refractivity contribution in [3.8, 4) is 0 Å². The van der Waals surface area contributed by atoms with Gasteiger partial charge in [-0.05, 0) is 52.5 Å². The van der Waals surface area contributed by atoms with Crippen molar-refractivity contribution in [3.05, 3.63) is 35.5 Å². The number of carbonyl (C=O) groups is 2. The number of fused-ring (bicyclic) bond motifs is 3. The number of epoxide rings is 1. The SMILES string of the molecule is C=C1C(=O)O[C@H]2[C@H]1C[C@H](OC(=O)C/C(C)=C/C)C(C)=CCC[C@@]1(C)O[C@@H]21. The third-order valence-electron chi connectivity index (χ3n) is 5.86. The maximum atomic E-state index is 12.3. The van der Waals surface area contributed by atoms with Crippen LogP contribution in [0.15, 0.2) is 35.5 Å². The fourth-order valence-electron chi connectivity index (χ4n) is 3.86. The van der Waals surface area contributed by atoms with Crippen LogP contribution in [0.25, 0.3) is 0 Å². The predicted octanol–water partition coefficient (Wildman–Crippen LogP) is 3.64. The van der Waals surface area contributed by atoms with Crippen molar-refractivity contribution in [1.29, 1.82) is 0 Å². The van der Waals surface area contributed by atoms with Gasteiger partial charge < -0.3 is 14.2 Å². The maximum absolute atomic E-state index is 12.3. The smallest absolute Gasteiger partial charge is 0.334 e. The molecule has 0 bridgehead atoms. The Kier molecular flexibility index (Phi) is 5.11. The van der Waals surface area contributed by atoms with Crippen LogP contribution in [-0.4, -0.2) is 35.9 Å². The molecule has 0 radical (unpaired) electrons. The second-order valence-electron chi connectivity index (χ2n) is 7.87. The van der Waals surface area contributed by atoms with Gasteiger partial charge >= 0.3 is 11.9 Å². The molecular weight excluding hydrogens is 332 g/mol. The standard InChI is InChI=1S/C21H28O5/c1-6-12(2)10-17(22)24-16-11-15-14(4)20(23)25-18(15)19-21(5,26-19)9-7-8-13(16)3/h6,8,15-16,18-19H,4,7,9-11H2,1-3,5H3/b12-6+,13-8?/t15-,16-,18-,19-,21+/m0/s1. The van der Waals surface area contributed by atoms with Gasteiger partial charge in [-0.2, -0.15) is 0 Å². The molecule has 2 aliphatic heterocycles. The van der Waals surface area contributed by atoms with Crippen LogP contribution >= 0.6 is 0 Å². The lowest BCUT2D eigenvalue weighted by atomic mass is 9.83. The summed E-state index contributed by atoms with van der Waals surface area (Å²) >= 11 is 0. The number of hydrogen-bond donors (Lipinski definition) is 0. The van der Waals surface area contributed by atoms with Gasteiger partial charge in [0.05, 0.1) is 12.0 Å². The number of allylic oxidation sites excluding steroid dienone is 2. The van der Waals surface area contributed by atoms with E-state index in [-0.39, 0.29) is 48.2 Å². The van der Waals surface area contributed by atoms with Crippen LogP contribution in [-0.2, 0) is 23.8 Å². The van der Waals surface area contributed by atoms with E-state index >= 15 is 0 Å². The summed E-state index contributed by atoms with van der Waals surface area (Å²) in [6, 6.07) is 0. The van der Waals surface area contributed by atoms with Crippen molar-refractivity contribution in [2.75, 3.05) is 0 Å². The quantitative estimate of drug-likeness (QED) is 0.333. The van der Waals surface area contributed by atoms with Crippen LogP contribution in [0.2, 0.25) is 0 Å². The molecule has 2 fully saturated rings. The average molecular weight is 360 g/mol. The van der Waals surface area contributed by atoms with E-state index in [9.17, 15) is 9.59 Å². The first-order valence-electron chi connectivity index (χ1n) is 9.30. The van der Waals surface area contributed by atoms with Crippen molar-refractivity contribution < 1.29 is 23.8 Å². The maximum Gasteiger partial charge on any atom is 0.334 e. The molecule has 3 aliphatic rings. The fourth-order valence-corrected chi connectivity index (χ4v) is 3.86. The van der Waals surface area contributed by atoms with Gasteiger partial charge in [0.2, 0.25) is 0 Å². The summed E-state index contributed by atoms with van der Waals surface area (Å²) in [7, 11) is 0. The summed E-state index contributed by atoms with van der Waals surface area (Å²) < 4.78 is 17.2. The summed E-state index contributed by atoms with van der Waals surface area (Å²) in [6.07, 6.45) is 5.65. The van der Waals surface area contributed by atoms with Gasteiger partial charge in [-0.15, -0.1) is 0 Å². The largest absolute Gasteiger partial charge is 0.458 e. The summed E-state index contributed by atoms with van der Waals surface area (Å²) in [5.41, 5.74) is 2.18. The number of hydrogen-bond acceptors (Lipinski definition) is 5. The molecule has 5 nitrogen and oxygen atoms in total. The van der Waals surface area contributed by atoms with Gasteiger partial charge in [0.1, 0.15) is 18.3 Å². The Balaban J connectivity index is 1.82. The first kappa shape index (κ1) is 18.9. The van der Waals surface area contributed by atoms with Crippen molar-refractivity contribution in [1.82, 2.24) is 0 Å². The summed E-state index contributed by atoms with van der Waals surface area (Å²) in [6.45, 7) is 11.8. The zero-order chi connectivity index (χ0) is 19.1. The van der Waals surface area contributed by atoms with Crippen LogP contribution in [0, 0.1) is 5.92 Å². The molecule has 0 aromatic heterocycles. The minimum absolute atomic E-state index is 0.107. The monoisotopic (exact) mass is 360 g/mol. The van der Waals surface area contributed by atoms with Gasteiger partial charge in [-0.3, -0.25) is 4.79 Å². The lowest BCUT2D eigenvalue weighted by Crippen LogP contribution is -2.33. The molecule has 0 aromatic rings. The van der Waals surface area contributed by atoms with E-state index < -0.39 is 0 Å².